The molecule has 1 aliphatic rings. The minimum Gasteiger partial charge on any atom is -0.494 e. The highest BCUT2D eigenvalue weighted by molar-refractivity contribution is 5.38. The third-order valence-corrected chi connectivity index (χ3v) is 4.76. The van der Waals surface area contributed by atoms with Crippen molar-refractivity contribution < 1.29 is 22.3 Å². The van der Waals surface area contributed by atoms with Crippen molar-refractivity contribution in [3.63, 3.8) is 0 Å². The fourth-order valence-electron chi connectivity index (χ4n) is 3.48. The van der Waals surface area contributed by atoms with Crippen LogP contribution in [0, 0.1) is 5.82 Å². The average molecular weight is 382 g/mol. The second kappa shape index (κ2) is 8.27. The number of methoxy groups -OCH3 is 1. The lowest BCUT2D eigenvalue weighted by molar-refractivity contribution is -0.137. The number of nitrogens with zero attached hydrogens (tertiary/aromatic N) is 1. The van der Waals surface area contributed by atoms with E-state index >= 15 is 0 Å². The van der Waals surface area contributed by atoms with Gasteiger partial charge in [0.05, 0.1) is 18.7 Å². The van der Waals surface area contributed by atoms with Gasteiger partial charge in [-0.1, -0.05) is 18.2 Å². The van der Waals surface area contributed by atoms with Crippen LogP contribution in [0.1, 0.15) is 29.2 Å². The predicted octanol–water partition coefficient (Wildman–Crippen LogP) is 4.24. The summed E-state index contributed by atoms with van der Waals surface area (Å²) in [6.45, 7) is 2.95. The molecule has 3 rings (SSSR count). The van der Waals surface area contributed by atoms with Gasteiger partial charge in [0, 0.05) is 19.6 Å². The van der Waals surface area contributed by atoms with Crippen molar-refractivity contribution in [3.05, 3.63) is 65.0 Å². The Morgan fingerprint density at radius 3 is 2.52 bits per heavy atom. The molecule has 0 amide bonds. The summed E-state index contributed by atoms with van der Waals surface area (Å²) in [5.41, 5.74) is 0.401. The molecule has 1 saturated heterocycles. The zero-order valence-corrected chi connectivity index (χ0v) is 15.0. The van der Waals surface area contributed by atoms with E-state index in [4.69, 9.17) is 4.74 Å². The molecular formula is C20H22F4N2O. The number of nitrogens with one attached hydrogen (secondary N) is 1. The second-order valence-corrected chi connectivity index (χ2v) is 6.56. The Kier molecular flexibility index (Phi) is 6.01. The van der Waals surface area contributed by atoms with E-state index in [2.05, 4.69) is 10.2 Å². The summed E-state index contributed by atoms with van der Waals surface area (Å²) >= 11 is 0. The van der Waals surface area contributed by atoms with Gasteiger partial charge in [0.15, 0.2) is 11.6 Å². The van der Waals surface area contributed by atoms with Gasteiger partial charge in [0.2, 0.25) is 0 Å². The molecule has 7 heteroatoms. The quantitative estimate of drug-likeness (QED) is 0.801. The van der Waals surface area contributed by atoms with Crippen LogP contribution in [0.2, 0.25) is 0 Å². The van der Waals surface area contributed by atoms with Crippen LogP contribution < -0.4 is 10.1 Å². The lowest BCUT2D eigenvalue weighted by atomic mass is 9.95. The molecule has 1 atom stereocenters. The Morgan fingerprint density at radius 2 is 1.81 bits per heavy atom. The molecule has 1 N–H and O–H groups in total. The third kappa shape index (κ3) is 4.59. The highest BCUT2D eigenvalue weighted by Crippen LogP contribution is 2.35. The summed E-state index contributed by atoms with van der Waals surface area (Å²) in [4.78, 5) is 2.09. The molecular weight excluding hydrogens is 360 g/mol. The number of hydrogen-bond acceptors (Lipinski definition) is 3. The first-order valence-electron chi connectivity index (χ1n) is 8.85. The Hall–Kier alpha value is -2.12. The Bertz CT molecular complexity index is 771. The molecule has 1 fully saturated rings. The molecule has 2 aromatic rings. The van der Waals surface area contributed by atoms with Crippen molar-refractivity contribution in [2.24, 2.45) is 0 Å². The van der Waals surface area contributed by atoms with Crippen LogP contribution in [-0.4, -0.2) is 38.2 Å². The number of rotatable bonds is 4. The summed E-state index contributed by atoms with van der Waals surface area (Å²) in [6.07, 6.45) is -3.56. The lowest BCUT2D eigenvalue weighted by Crippen LogP contribution is -2.33. The molecule has 27 heavy (non-hydrogen) atoms. The van der Waals surface area contributed by atoms with E-state index in [0.29, 0.717) is 24.2 Å². The fraction of sp³-hybridized carbons (Fsp3) is 0.400. The van der Waals surface area contributed by atoms with Gasteiger partial charge >= 0.3 is 6.18 Å². The van der Waals surface area contributed by atoms with Gasteiger partial charge in [-0.25, -0.2) is 4.39 Å². The van der Waals surface area contributed by atoms with Crippen molar-refractivity contribution in [2.75, 3.05) is 33.3 Å². The maximum atomic E-state index is 14.3. The smallest absolute Gasteiger partial charge is 0.416 e. The summed E-state index contributed by atoms with van der Waals surface area (Å²) in [6, 6.07) is 9.40. The molecule has 0 aliphatic carbocycles. The highest BCUT2D eigenvalue weighted by atomic mass is 19.4. The molecule has 3 nitrogen and oxygen atoms in total. The summed E-state index contributed by atoms with van der Waals surface area (Å²) in [7, 11) is 1.38. The molecule has 0 bridgehead atoms. The van der Waals surface area contributed by atoms with E-state index < -0.39 is 23.6 Å². The fourth-order valence-corrected chi connectivity index (χ4v) is 3.48. The number of hydrogen-bond donors (Lipinski definition) is 1. The van der Waals surface area contributed by atoms with Gasteiger partial charge in [-0.3, -0.25) is 4.90 Å². The minimum absolute atomic E-state index is 0.110. The zero-order chi connectivity index (χ0) is 19.4. The van der Waals surface area contributed by atoms with E-state index in [0.717, 1.165) is 31.6 Å². The molecule has 1 heterocycles. The predicted molar refractivity (Wildman–Crippen MR) is 95.3 cm³/mol. The minimum atomic E-state index is -4.42. The molecule has 0 aromatic heterocycles. The van der Waals surface area contributed by atoms with Gasteiger partial charge in [0.25, 0.3) is 0 Å². The van der Waals surface area contributed by atoms with E-state index in [1.807, 2.05) is 0 Å². The van der Waals surface area contributed by atoms with Gasteiger partial charge in [-0.2, -0.15) is 13.2 Å². The Labute approximate surface area is 155 Å². The van der Waals surface area contributed by atoms with Crippen molar-refractivity contribution in [1.29, 1.82) is 0 Å². The molecule has 2 aromatic carbocycles. The van der Waals surface area contributed by atoms with Gasteiger partial charge < -0.3 is 10.1 Å². The number of halogens is 4. The normalized spacial score (nSPS) is 17.4. The van der Waals surface area contributed by atoms with E-state index in [-0.39, 0.29) is 5.75 Å². The van der Waals surface area contributed by atoms with Crippen LogP contribution in [-0.2, 0) is 6.18 Å². The SMILES string of the molecule is COc1ccc(C(c2cccc(C(F)(F)F)c2)N2CCCNCC2)cc1F. The van der Waals surface area contributed by atoms with Crippen molar-refractivity contribution in [1.82, 2.24) is 10.2 Å². The van der Waals surface area contributed by atoms with Crippen LogP contribution in [0.4, 0.5) is 17.6 Å². The van der Waals surface area contributed by atoms with Crippen LogP contribution in [0.25, 0.3) is 0 Å². The van der Waals surface area contributed by atoms with E-state index in [9.17, 15) is 17.6 Å². The second-order valence-electron chi connectivity index (χ2n) is 6.56. The monoisotopic (exact) mass is 382 g/mol. The first kappa shape index (κ1) is 19.6. The molecule has 0 radical (unpaired) electrons. The maximum absolute atomic E-state index is 14.3. The first-order valence-corrected chi connectivity index (χ1v) is 8.85. The topological polar surface area (TPSA) is 24.5 Å². The first-order chi connectivity index (χ1) is 12.9. The number of benzene rings is 2. The van der Waals surface area contributed by atoms with Gasteiger partial charge in [-0.15, -0.1) is 0 Å². The molecule has 1 unspecified atom stereocenters. The number of ether oxygens (including phenoxy) is 1. The lowest BCUT2D eigenvalue weighted by Gasteiger charge is -2.32. The maximum Gasteiger partial charge on any atom is 0.416 e. The largest absolute Gasteiger partial charge is 0.494 e. The Balaban J connectivity index is 2.06. The van der Waals surface area contributed by atoms with Crippen molar-refractivity contribution in [3.8, 4) is 5.75 Å². The van der Waals surface area contributed by atoms with Gasteiger partial charge in [0.1, 0.15) is 0 Å². The molecule has 146 valence electrons. The highest BCUT2D eigenvalue weighted by Gasteiger charge is 2.32. The standard InChI is InChI=1S/C20H22F4N2O/c1-27-18-7-6-15(13-17(18)21)19(26-10-3-8-25-9-11-26)14-4-2-5-16(12-14)20(22,23)24/h2,4-7,12-13,19,25H,3,8-11H2,1H3. The van der Waals surface area contributed by atoms with Crippen LogP contribution >= 0.6 is 0 Å². The Morgan fingerprint density at radius 1 is 1.04 bits per heavy atom. The third-order valence-electron chi connectivity index (χ3n) is 4.76. The summed E-state index contributed by atoms with van der Waals surface area (Å²) in [5, 5.41) is 3.28. The summed E-state index contributed by atoms with van der Waals surface area (Å²) in [5.74, 6) is -0.418. The van der Waals surface area contributed by atoms with Gasteiger partial charge in [-0.05, 0) is 48.4 Å². The van der Waals surface area contributed by atoms with Crippen LogP contribution in [0.5, 0.6) is 5.75 Å². The summed E-state index contributed by atoms with van der Waals surface area (Å²) < 4.78 is 58.9. The van der Waals surface area contributed by atoms with Crippen molar-refractivity contribution >= 4 is 0 Å². The van der Waals surface area contributed by atoms with Crippen molar-refractivity contribution in [2.45, 2.75) is 18.6 Å². The average Bonchev–Trinajstić information content (AvgIpc) is 2.91. The zero-order valence-electron chi connectivity index (χ0n) is 15.0. The molecule has 1 aliphatic heterocycles. The van der Waals surface area contributed by atoms with E-state index in [1.165, 1.54) is 25.3 Å². The van der Waals surface area contributed by atoms with Crippen LogP contribution in [0.15, 0.2) is 42.5 Å². The number of alkyl halides is 3. The van der Waals surface area contributed by atoms with Crippen LogP contribution in [0.3, 0.4) is 0 Å². The van der Waals surface area contributed by atoms with E-state index in [1.54, 1.807) is 12.1 Å². The molecule has 0 saturated carbocycles. The molecule has 0 spiro atoms.